The molecule has 0 aromatic heterocycles. The number of hydrogen-bond acceptors (Lipinski definition) is 3. The molecule has 1 aromatic carbocycles. The summed E-state index contributed by atoms with van der Waals surface area (Å²) in [5, 5.41) is 0. The average Bonchev–Trinajstić information content (AvgIpc) is 2.60. The van der Waals surface area contributed by atoms with Crippen LogP contribution in [0, 0.1) is 0 Å². The molecule has 0 N–H and O–H groups in total. The van der Waals surface area contributed by atoms with Gasteiger partial charge in [-0.25, -0.2) is 0 Å². The Hall–Kier alpha value is -1.03. The number of rotatable bonds is 3. The molecule has 0 radical (unpaired) electrons. The molecular formula is C11H11BrO3. The number of Topliss-reactive ketones (excluding diaryl/α,β-unsaturated/α-hetero) is 1. The zero-order valence-corrected chi connectivity index (χ0v) is 9.96. The van der Waals surface area contributed by atoms with E-state index in [1.165, 1.54) is 0 Å². The number of ketones is 1. The summed E-state index contributed by atoms with van der Waals surface area (Å²) in [6, 6.07) is 3.81. The van der Waals surface area contributed by atoms with Crippen LogP contribution in [0.1, 0.15) is 18.9 Å². The second-order valence-electron chi connectivity index (χ2n) is 3.50. The van der Waals surface area contributed by atoms with Crippen LogP contribution in [-0.4, -0.2) is 12.6 Å². The quantitative estimate of drug-likeness (QED) is 0.847. The highest BCUT2D eigenvalue weighted by atomic mass is 79.9. The number of carbonyl (C=O) groups is 1. The Labute approximate surface area is 96.5 Å². The predicted octanol–water partition coefficient (Wildman–Crippen LogP) is 2.70. The van der Waals surface area contributed by atoms with Crippen LogP contribution in [0.3, 0.4) is 0 Å². The maximum absolute atomic E-state index is 10.9. The Morgan fingerprint density at radius 2 is 2.07 bits per heavy atom. The molecule has 0 fully saturated rings. The summed E-state index contributed by atoms with van der Waals surface area (Å²) in [6.45, 7) is 1.87. The third kappa shape index (κ3) is 2.31. The summed E-state index contributed by atoms with van der Waals surface area (Å²) >= 11 is 3.45. The van der Waals surface area contributed by atoms with Gasteiger partial charge < -0.3 is 14.3 Å². The molecule has 80 valence electrons. The maximum Gasteiger partial charge on any atom is 0.231 e. The first-order valence-corrected chi connectivity index (χ1v) is 5.53. The van der Waals surface area contributed by atoms with Crippen LogP contribution in [0.2, 0.25) is 0 Å². The van der Waals surface area contributed by atoms with E-state index >= 15 is 0 Å². The molecule has 1 aliphatic rings. The Balaban J connectivity index is 2.21. The summed E-state index contributed by atoms with van der Waals surface area (Å²) in [5.74, 6) is 1.71. The second-order valence-corrected chi connectivity index (χ2v) is 4.35. The molecule has 0 saturated heterocycles. The minimum Gasteiger partial charge on any atom is -0.454 e. The van der Waals surface area contributed by atoms with Gasteiger partial charge in [-0.3, -0.25) is 0 Å². The minimum absolute atomic E-state index is 0.194. The highest BCUT2D eigenvalue weighted by Gasteiger charge is 2.16. The molecule has 0 atom stereocenters. The van der Waals surface area contributed by atoms with E-state index < -0.39 is 0 Å². The summed E-state index contributed by atoms with van der Waals surface area (Å²) in [4.78, 5) is 10.9. The Morgan fingerprint density at radius 1 is 1.40 bits per heavy atom. The average molecular weight is 271 g/mol. The van der Waals surface area contributed by atoms with Gasteiger partial charge in [0.1, 0.15) is 5.78 Å². The highest BCUT2D eigenvalue weighted by Crippen LogP contribution is 2.37. The van der Waals surface area contributed by atoms with Crippen LogP contribution < -0.4 is 9.47 Å². The fraction of sp³-hybridized carbons (Fsp3) is 0.364. The third-order valence-electron chi connectivity index (χ3n) is 2.29. The van der Waals surface area contributed by atoms with E-state index in [-0.39, 0.29) is 12.6 Å². The van der Waals surface area contributed by atoms with Crippen molar-refractivity contribution >= 4 is 21.7 Å². The van der Waals surface area contributed by atoms with E-state index in [4.69, 9.17) is 9.47 Å². The van der Waals surface area contributed by atoms with Crippen LogP contribution in [-0.2, 0) is 11.2 Å². The van der Waals surface area contributed by atoms with E-state index in [2.05, 4.69) is 15.9 Å². The fourth-order valence-electron chi connectivity index (χ4n) is 1.46. The van der Waals surface area contributed by atoms with Gasteiger partial charge in [-0.2, -0.15) is 0 Å². The van der Waals surface area contributed by atoms with Crippen molar-refractivity contribution in [3.63, 3.8) is 0 Å². The number of carbonyl (C=O) groups excluding carboxylic acids is 1. The van der Waals surface area contributed by atoms with E-state index in [1.54, 1.807) is 6.92 Å². The number of ether oxygens (including phenoxy) is 2. The van der Waals surface area contributed by atoms with Crippen molar-refractivity contribution in [2.24, 2.45) is 0 Å². The molecule has 4 heteroatoms. The first-order valence-electron chi connectivity index (χ1n) is 4.74. The zero-order valence-electron chi connectivity index (χ0n) is 8.38. The molecule has 0 spiro atoms. The molecule has 15 heavy (non-hydrogen) atoms. The van der Waals surface area contributed by atoms with Crippen LogP contribution in [0.4, 0.5) is 0 Å². The summed E-state index contributed by atoms with van der Waals surface area (Å²) in [6.07, 6.45) is 1.28. The van der Waals surface area contributed by atoms with Crippen molar-refractivity contribution < 1.29 is 14.3 Å². The maximum atomic E-state index is 10.9. The van der Waals surface area contributed by atoms with Crippen molar-refractivity contribution in [1.82, 2.24) is 0 Å². The molecule has 0 amide bonds. The van der Waals surface area contributed by atoms with Gasteiger partial charge in [0.25, 0.3) is 0 Å². The van der Waals surface area contributed by atoms with E-state index in [0.29, 0.717) is 6.42 Å². The predicted molar refractivity (Wildman–Crippen MR) is 59.3 cm³/mol. The SMILES string of the molecule is CC(=O)CCc1cc2c(cc1Br)OCO2. The van der Waals surface area contributed by atoms with E-state index in [0.717, 1.165) is 28.0 Å². The first-order chi connectivity index (χ1) is 7.16. The van der Waals surface area contributed by atoms with Gasteiger partial charge in [-0.05, 0) is 31.0 Å². The van der Waals surface area contributed by atoms with Gasteiger partial charge in [0.05, 0.1) is 0 Å². The normalized spacial score (nSPS) is 12.9. The monoisotopic (exact) mass is 270 g/mol. The smallest absolute Gasteiger partial charge is 0.231 e. The molecule has 0 bridgehead atoms. The van der Waals surface area contributed by atoms with E-state index in [1.807, 2.05) is 12.1 Å². The van der Waals surface area contributed by atoms with Gasteiger partial charge in [0, 0.05) is 10.9 Å². The van der Waals surface area contributed by atoms with Crippen molar-refractivity contribution in [1.29, 1.82) is 0 Å². The number of halogens is 1. The van der Waals surface area contributed by atoms with Crippen LogP contribution in [0.15, 0.2) is 16.6 Å². The Kier molecular flexibility index (Phi) is 2.95. The third-order valence-corrected chi connectivity index (χ3v) is 3.03. The van der Waals surface area contributed by atoms with Crippen LogP contribution >= 0.6 is 15.9 Å². The molecule has 1 aromatic rings. The number of hydrogen-bond donors (Lipinski definition) is 0. The summed E-state index contributed by atoms with van der Waals surface area (Å²) in [5.41, 5.74) is 1.08. The largest absolute Gasteiger partial charge is 0.454 e. The van der Waals surface area contributed by atoms with Crippen LogP contribution in [0.5, 0.6) is 11.5 Å². The molecule has 0 aliphatic carbocycles. The van der Waals surface area contributed by atoms with Crippen molar-refractivity contribution in [3.8, 4) is 11.5 Å². The number of benzene rings is 1. The lowest BCUT2D eigenvalue weighted by Crippen LogP contribution is -1.95. The highest BCUT2D eigenvalue weighted by molar-refractivity contribution is 9.10. The minimum atomic E-state index is 0.194. The first kappa shape index (κ1) is 10.5. The van der Waals surface area contributed by atoms with Crippen molar-refractivity contribution in [2.45, 2.75) is 19.8 Å². The summed E-state index contributed by atoms with van der Waals surface area (Å²) in [7, 11) is 0. The number of fused-ring (bicyclic) bond motifs is 1. The molecule has 3 nitrogen and oxygen atoms in total. The summed E-state index contributed by atoms with van der Waals surface area (Å²) < 4.78 is 11.5. The topological polar surface area (TPSA) is 35.5 Å². The lowest BCUT2D eigenvalue weighted by molar-refractivity contribution is -0.116. The van der Waals surface area contributed by atoms with Gasteiger partial charge >= 0.3 is 0 Å². The Bertz CT molecular complexity index is 401. The lowest BCUT2D eigenvalue weighted by atomic mass is 10.1. The van der Waals surface area contributed by atoms with Gasteiger partial charge in [0.15, 0.2) is 11.5 Å². The molecule has 2 rings (SSSR count). The molecule has 0 unspecified atom stereocenters. The van der Waals surface area contributed by atoms with Crippen molar-refractivity contribution in [3.05, 3.63) is 22.2 Å². The fourth-order valence-corrected chi connectivity index (χ4v) is 1.98. The molecule has 0 saturated carbocycles. The standard InChI is InChI=1S/C11H11BrO3/c1-7(13)2-3-8-4-10-11(5-9(8)12)15-6-14-10/h4-5H,2-3,6H2,1H3. The molecule has 1 heterocycles. The molecule has 1 aliphatic heterocycles. The zero-order chi connectivity index (χ0) is 10.8. The van der Waals surface area contributed by atoms with Gasteiger partial charge in [-0.1, -0.05) is 15.9 Å². The van der Waals surface area contributed by atoms with Gasteiger partial charge in [0.2, 0.25) is 6.79 Å². The Morgan fingerprint density at radius 3 is 2.73 bits per heavy atom. The van der Waals surface area contributed by atoms with Crippen molar-refractivity contribution in [2.75, 3.05) is 6.79 Å². The van der Waals surface area contributed by atoms with Gasteiger partial charge in [-0.15, -0.1) is 0 Å². The van der Waals surface area contributed by atoms with E-state index in [9.17, 15) is 4.79 Å². The van der Waals surface area contributed by atoms with Crippen LogP contribution in [0.25, 0.3) is 0 Å². The molecular weight excluding hydrogens is 260 g/mol. The number of aryl methyl sites for hydroxylation is 1. The second kappa shape index (κ2) is 4.23. The lowest BCUT2D eigenvalue weighted by Gasteiger charge is -2.04.